The molecule has 2 nitrogen and oxygen atoms in total. The summed E-state index contributed by atoms with van der Waals surface area (Å²) in [5.41, 5.74) is 0. The maximum atomic E-state index is 8.34. The van der Waals surface area contributed by atoms with Gasteiger partial charge in [0.25, 0.3) is 0 Å². The summed E-state index contributed by atoms with van der Waals surface area (Å²) in [4.78, 5) is 3.97. The number of thioether (sulfide) groups is 1. The van der Waals surface area contributed by atoms with Gasteiger partial charge in [-0.2, -0.15) is 5.26 Å². The van der Waals surface area contributed by atoms with Gasteiger partial charge in [0.15, 0.2) is 5.01 Å². The molecule has 1 aromatic rings. The van der Waals surface area contributed by atoms with E-state index in [0.29, 0.717) is 5.01 Å². The summed E-state index contributed by atoms with van der Waals surface area (Å²) in [6.45, 7) is 0. The van der Waals surface area contributed by atoms with Crippen LogP contribution >= 0.6 is 23.1 Å². The van der Waals surface area contributed by atoms with E-state index in [1.165, 1.54) is 11.3 Å². The van der Waals surface area contributed by atoms with Crippen LogP contribution in [0, 0.1) is 11.3 Å². The van der Waals surface area contributed by atoms with Gasteiger partial charge in [0.05, 0.1) is 0 Å². The van der Waals surface area contributed by atoms with E-state index in [0.717, 1.165) is 5.03 Å². The Balaban J connectivity index is 2.90. The van der Waals surface area contributed by atoms with Crippen molar-refractivity contribution in [2.45, 2.75) is 5.03 Å². The first kappa shape index (κ1) is 6.59. The predicted molar refractivity (Wildman–Crippen MR) is 38.6 cm³/mol. The number of aromatic nitrogens is 1. The first-order valence-corrected chi connectivity index (χ1v) is 4.37. The smallest absolute Gasteiger partial charge is 0.195 e. The largest absolute Gasteiger partial charge is 0.219 e. The Morgan fingerprint density at radius 2 is 2.67 bits per heavy atom. The quantitative estimate of drug-likeness (QED) is 0.581. The summed E-state index contributed by atoms with van der Waals surface area (Å²) in [5, 5.41) is 11.7. The highest BCUT2D eigenvalue weighted by Crippen LogP contribution is 2.16. The van der Waals surface area contributed by atoms with Crippen molar-refractivity contribution >= 4 is 23.1 Å². The molecule has 0 radical (unpaired) electrons. The fourth-order valence-electron chi connectivity index (χ4n) is 0.404. The molecule has 0 fully saturated rings. The van der Waals surface area contributed by atoms with Gasteiger partial charge in [-0.05, 0) is 6.26 Å². The lowest BCUT2D eigenvalue weighted by atomic mass is 10.8. The van der Waals surface area contributed by atoms with Crippen LogP contribution in [0.2, 0.25) is 0 Å². The fourth-order valence-corrected chi connectivity index (χ4v) is 1.64. The maximum Gasteiger partial charge on any atom is 0.195 e. The number of nitrogens with zero attached hydrogens (tertiary/aromatic N) is 2. The van der Waals surface area contributed by atoms with Crippen LogP contribution in [0.25, 0.3) is 0 Å². The fraction of sp³-hybridized carbons (Fsp3) is 0.200. The van der Waals surface area contributed by atoms with Crippen LogP contribution in [0.5, 0.6) is 0 Å². The monoisotopic (exact) mass is 156 g/mol. The van der Waals surface area contributed by atoms with Crippen LogP contribution in [-0.2, 0) is 0 Å². The molecule has 0 aliphatic rings. The third kappa shape index (κ3) is 1.44. The van der Waals surface area contributed by atoms with Gasteiger partial charge in [0, 0.05) is 5.38 Å². The summed E-state index contributed by atoms with van der Waals surface area (Å²) in [6.07, 6.45) is 1.94. The van der Waals surface area contributed by atoms with E-state index in [1.807, 2.05) is 17.7 Å². The predicted octanol–water partition coefficient (Wildman–Crippen LogP) is 1.74. The Morgan fingerprint density at radius 1 is 1.89 bits per heavy atom. The molecule has 0 saturated heterocycles. The summed E-state index contributed by atoms with van der Waals surface area (Å²) in [5.74, 6) is 0. The Hall–Kier alpha value is -0.530. The van der Waals surface area contributed by atoms with E-state index in [9.17, 15) is 0 Å². The lowest BCUT2D eigenvalue weighted by Gasteiger charge is -1.78. The lowest BCUT2D eigenvalue weighted by molar-refractivity contribution is 1.18. The molecule has 0 bridgehead atoms. The molecule has 0 amide bonds. The van der Waals surface area contributed by atoms with E-state index in [-0.39, 0.29) is 0 Å². The third-order valence-electron chi connectivity index (χ3n) is 0.788. The summed E-state index contributed by atoms with van der Waals surface area (Å²) >= 11 is 2.93. The minimum absolute atomic E-state index is 0.541. The Morgan fingerprint density at radius 3 is 3.00 bits per heavy atom. The van der Waals surface area contributed by atoms with Crippen molar-refractivity contribution in [3.63, 3.8) is 0 Å². The molecule has 0 aromatic carbocycles. The summed E-state index contributed by atoms with van der Waals surface area (Å²) in [6, 6.07) is 1.98. The van der Waals surface area contributed by atoms with Gasteiger partial charge in [0.2, 0.25) is 0 Å². The van der Waals surface area contributed by atoms with Crippen LogP contribution in [0.1, 0.15) is 5.01 Å². The second-order valence-electron chi connectivity index (χ2n) is 1.31. The molecule has 46 valence electrons. The van der Waals surface area contributed by atoms with Crippen LogP contribution in [0.4, 0.5) is 0 Å². The molecule has 0 saturated carbocycles. The lowest BCUT2D eigenvalue weighted by Crippen LogP contribution is -1.69. The van der Waals surface area contributed by atoms with Crippen LogP contribution < -0.4 is 0 Å². The van der Waals surface area contributed by atoms with E-state index in [4.69, 9.17) is 5.26 Å². The van der Waals surface area contributed by atoms with Crippen molar-refractivity contribution in [3.8, 4) is 6.07 Å². The number of nitriles is 1. The van der Waals surface area contributed by atoms with Crippen molar-refractivity contribution in [1.29, 1.82) is 5.26 Å². The minimum Gasteiger partial charge on any atom is -0.219 e. The molecule has 1 aromatic heterocycles. The Bertz CT molecular complexity index is 235. The van der Waals surface area contributed by atoms with Crippen molar-refractivity contribution in [2.24, 2.45) is 0 Å². The van der Waals surface area contributed by atoms with Crippen molar-refractivity contribution < 1.29 is 0 Å². The number of hydrogen-bond donors (Lipinski definition) is 0. The maximum absolute atomic E-state index is 8.34. The van der Waals surface area contributed by atoms with Gasteiger partial charge in [-0.25, -0.2) is 4.98 Å². The zero-order chi connectivity index (χ0) is 6.69. The minimum atomic E-state index is 0.541. The molecule has 1 rings (SSSR count). The molecular weight excluding hydrogens is 152 g/mol. The topological polar surface area (TPSA) is 36.7 Å². The normalized spacial score (nSPS) is 8.89. The highest BCUT2D eigenvalue weighted by atomic mass is 32.2. The van der Waals surface area contributed by atoms with Gasteiger partial charge in [-0.1, -0.05) is 0 Å². The van der Waals surface area contributed by atoms with E-state index in [2.05, 4.69) is 4.98 Å². The zero-order valence-corrected chi connectivity index (χ0v) is 6.42. The molecule has 0 aliphatic carbocycles. The van der Waals surface area contributed by atoms with Crippen LogP contribution in [-0.4, -0.2) is 11.2 Å². The van der Waals surface area contributed by atoms with Crippen LogP contribution in [0.3, 0.4) is 0 Å². The first-order chi connectivity index (χ1) is 4.36. The highest BCUT2D eigenvalue weighted by molar-refractivity contribution is 7.98. The zero-order valence-electron chi connectivity index (χ0n) is 4.79. The molecule has 1 heterocycles. The second-order valence-corrected chi connectivity index (χ2v) is 2.99. The molecule has 0 N–H and O–H groups in total. The second kappa shape index (κ2) is 2.85. The van der Waals surface area contributed by atoms with Gasteiger partial charge >= 0.3 is 0 Å². The SMILES string of the molecule is CSc1csc(C#N)n1. The number of rotatable bonds is 1. The van der Waals surface area contributed by atoms with E-state index >= 15 is 0 Å². The molecule has 0 spiro atoms. The van der Waals surface area contributed by atoms with Crippen molar-refractivity contribution in [2.75, 3.05) is 6.26 Å². The summed E-state index contributed by atoms with van der Waals surface area (Å²) in [7, 11) is 0. The van der Waals surface area contributed by atoms with Crippen LogP contribution in [0.15, 0.2) is 10.4 Å². The first-order valence-electron chi connectivity index (χ1n) is 2.26. The molecule has 0 atom stereocenters. The van der Waals surface area contributed by atoms with Gasteiger partial charge in [0.1, 0.15) is 11.1 Å². The van der Waals surface area contributed by atoms with E-state index in [1.54, 1.807) is 11.8 Å². The number of thiazole rings is 1. The van der Waals surface area contributed by atoms with Gasteiger partial charge in [-0.3, -0.25) is 0 Å². The highest BCUT2D eigenvalue weighted by Gasteiger charge is 1.96. The van der Waals surface area contributed by atoms with Gasteiger partial charge < -0.3 is 0 Å². The molecular formula is C5H4N2S2. The Kier molecular flexibility index (Phi) is 2.09. The molecule has 0 aliphatic heterocycles. The van der Waals surface area contributed by atoms with E-state index < -0.39 is 0 Å². The average molecular weight is 156 g/mol. The number of hydrogen-bond acceptors (Lipinski definition) is 4. The average Bonchev–Trinajstić information content (AvgIpc) is 2.34. The van der Waals surface area contributed by atoms with Crippen molar-refractivity contribution in [3.05, 3.63) is 10.4 Å². The van der Waals surface area contributed by atoms with Gasteiger partial charge in [-0.15, -0.1) is 23.1 Å². The molecule has 0 unspecified atom stereocenters. The summed E-state index contributed by atoms with van der Waals surface area (Å²) < 4.78 is 0. The third-order valence-corrected chi connectivity index (χ3v) is 2.31. The molecule has 9 heavy (non-hydrogen) atoms. The standard InChI is InChI=1S/C5H4N2S2/c1-8-5-3-9-4(2-6)7-5/h3H,1H3. The van der Waals surface area contributed by atoms with Crippen molar-refractivity contribution in [1.82, 2.24) is 4.98 Å². The molecule has 4 heteroatoms. The Labute approximate surface area is 61.5 Å².